The number of ether oxygens (including phenoxy) is 6. The molecule has 4 aromatic rings. The summed E-state index contributed by atoms with van der Waals surface area (Å²) in [6, 6.07) is 40.8. The third kappa shape index (κ3) is 13.1. The van der Waals surface area contributed by atoms with Gasteiger partial charge in [0.05, 0.1) is 33.0 Å². The second-order valence-corrected chi connectivity index (χ2v) is 13.3. The van der Waals surface area contributed by atoms with Crippen molar-refractivity contribution in [1.29, 1.82) is 0 Å². The first-order chi connectivity index (χ1) is 24.3. The highest BCUT2D eigenvalue weighted by Crippen LogP contribution is 2.32. The summed E-state index contributed by atoms with van der Waals surface area (Å²) >= 11 is 3.54. The predicted octanol–water partition coefficient (Wildman–Crippen LogP) is 9.44. The van der Waals surface area contributed by atoms with Gasteiger partial charge in [-0.3, -0.25) is 0 Å². The number of halogens is 1. The molecule has 5 atom stereocenters. The maximum atomic E-state index is 6.81. The van der Waals surface area contributed by atoms with E-state index >= 15 is 0 Å². The van der Waals surface area contributed by atoms with E-state index in [1.165, 1.54) is 25.7 Å². The minimum atomic E-state index is -0.704. The smallest absolute Gasteiger partial charge is 0.187 e. The first kappa shape index (κ1) is 37.4. The Morgan fingerprint density at radius 3 is 1.43 bits per heavy atom. The molecule has 1 unspecified atom stereocenters. The van der Waals surface area contributed by atoms with Crippen molar-refractivity contribution in [3.8, 4) is 0 Å². The molecule has 0 saturated carbocycles. The quantitative estimate of drug-likeness (QED) is 0.0594. The number of hydrogen-bond acceptors (Lipinski definition) is 6. The molecular formula is C42H51BrO6. The third-order valence-corrected chi connectivity index (χ3v) is 9.21. The average Bonchev–Trinajstić information content (AvgIpc) is 3.16. The van der Waals surface area contributed by atoms with Crippen molar-refractivity contribution < 1.29 is 28.4 Å². The molecule has 7 heteroatoms. The summed E-state index contributed by atoms with van der Waals surface area (Å²) in [5.74, 6) is 0. The van der Waals surface area contributed by atoms with Crippen molar-refractivity contribution in [2.75, 3.05) is 18.5 Å². The van der Waals surface area contributed by atoms with Crippen molar-refractivity contribution >= 4 is 15.9 Å². The van der Waals surface area contributed by atoms with Crippen molar-refractivity contribution in [3.63, 3.8) is 0 Å². The van der Waals surface area contributed by atoms with E-state index in [4.69, 9.17) is 28.4 Å². The molecule has 0 amide bonds. The molecule has 1 heterocycles. The summed E-state index contributed by atoms with van der Waals surface area (Å²) in [4.78, 5) is 0. The fourth-order valence-corrected chi connectivity index (χ4v) is 6.39. The minimum absolute atomic E-state index is 0.327. The van der Waals surface area contributed by atoms with Gasteiger partial charge in [0.25, 0.3) is 0 Å². The Kier molecular flexibility index (Phi) is 16.8. The highest BCUT2D eigenvalue weighted by atomic mass is 79.9. The van der Waals surface area contributed by atoms with Crippen LogP contribution in [-0.4, -0.2) is 49.2 Å². The Morgan fingerprint density at radius 2 is 0.898 bits per heavy atom. The van der Waals surface area contributed by atoms with Gasteiger partial charge < -0.3 is 28.4 Å². The zero-order valence-electron chi connectivity index (χ0n) is 28.5. The normalized spacial score (nSPS) is 20.7. The molecule has 0 spiro atoms. The van der Waals surface area contributed by atoms with E-state index in [-0.39, 0.29) is 0 Å². The van der Waals surface area contributed by atoms with Crippen LogP contribution in [0.2, 0.25) is 0 Å². The molecule has 6 nitrogen and oxygen atoms in total. The Morgan fingerprint density at radius 1 is 0.449 bits per heavy atom. The monoisotopic (exact) mass is 730 g/mol. The molecule has 49 heavy (non-hydrogen) atoms. The SMILES string of the molecule is BrCCCCCCCCO[C@H]1[C@H](OCc2ccccc2)[C@@H](OCc2ccccc2)C(OCc2ccccc2)O[C@@H]1COCc1ccccc1. The Hall–Kier alpha value is -2.88. The summed E-state index contributed by atoms with van der Waals surface area (Å²) in [6.45, 7) is 2.58. The van der Waals surface area contributed by atoms with Crippen LogP contribution >= 0.6 is 15.9 Å². The number of rotatable bonds is 22. The van der Waals surface area contributed by atoms with Crippen LogP contribution in [-0.2, 0) is 54.8 Å². The van der Waals surface area contributed by atoms with Gasteiger partial charge >= 0.3 is 0 Å². The lowest BCUT2D eigenvalue weighted by atomic mass is 9.97. The van der Waals surface area contributed by atoms with Gasteiger partial charge in [-0.2, -0.15) is 0 Å². The second-order valence-electron chi connectivity index (χ2n) is 12.5. The molecule has 1 aliphatic heterocycles. The van der Waals surface area contributed by atoms with Crippen LogP contribution in [0.15, 0.2) is 121 Å². The Balaban J connectivity index is 1.37. The largest absolute Gasteiger partial charge is 0.374 e. The van der Waals surface area contributed by atoms with Gasteiger partial charge in [0, 0.05) is 11.9 Å². The maximum absolute atomic E-state index is 6.81. The predicted molar refractivity (Wildman–Crippen MR) is 197 cm³/mol. The molecule has 0 aliphatic carbocycles. The number of benzene rings is 4. The molecule has 0 N–H and O–H groups in total. The van der Waals surface area contributed by atoms with Gasteiger partial charge in [-0.15, -0.1) is 0 Å². The highest BCUT2D eigenvalue weighted by molar-refractivity contribution is 9.09. The van der Waals surface area contributed by atoms with Crippen LogP contribution in [0.5, 0.6) is 0 Å². The van der Waals surface area contributed by atoms with Crippen LogP contribution in [0.3, 0.4) is 0 Å². The van der Waals surface area contributed by atoms with Gasteiger partial charge in [0.2, 0.25) is 0 Å². The first-order valence-electron chi connectivity index (χ1n) is 17.7. The number of hydrogen-bond donors (Lipinski definition) is 0. The molecule has 0 aromatic heterocycles. The summed E-state index contributed by atoms with van der Waals surface area (Å²) < 4.78 is 39.9. The summed E-state index contributed by atoms with van der Waals surface area (Å²) in [7, 11) is 0. The third-order valence-electron chi connectivity index (χ3n) is 8.65. The Labute approximate surface area is 301 Å². The number of alkyl halides is 1. The van der Waals surface area contributed by atoms with Crippen LogP contribution < -0.4 is 0 Å². The summed E-state index contributed by atoms with van der Waals surface area (Å²) in [5, 5.41) is 1.07. The molecular weight excluding hydrogens is 680 g/mol. The molecule has 1 aliphatic rings. The average molecular weight is 732 g/mol. The van der Waals surface area contributed by atoms with Gasteiger partial charge in [-0.1, -0.05) is 163 Å². The van der Waals surface area contributed by atoms with Crippen LogP contribution in [0, 0.1) is 0 Å². The topological polar surface area (TPSA) is 55.4 Å². The molecule has 1 saturated heterocycles. The van der Waals surface area contributed by atoms with E-state index in [2.05, 4.69) is 64.5 Å². The van der Waals surface area contributed by atoms with Crippen molar-refractivity contribution in [2.45, 2.75) is 95.7 Å². The van der Waals surface area contributed by atoms with Crippen molar-refractivity contribution in [1.82, 2.24) is 0 Å². The fraction of sp³-hybridized carbons (Fsp3) is 0.429. The van der Waals surface area contributed by atoms with Gasteiger partial charge in [0.15, 0.2) is 6.29 Å². The van der Waals surface area contributed by atoms with Crippen LogP contribution in [0.1, 0.15) is 60.8 Å². The van der Waals surface area contributed by atoms with Gasteiger partial charge in [0.1, 0.15) is 24.4 Å². The van der Waals surface area contributed by atoms with Gasteiger partial charge in [-0.25, -0.2) is 0 Å². The lowest BCUT2D eigenvalue weighted by Gasteiger charge is -2.46. The van der Waals surface area contributed by atoms with Gasteiger partial charge in [-0.05, 0) is 35.1 Å². The summed E-state index contributed by atoms with van der Waals surface area (Å²) in [6.07, 6.45) is 4.43. The first-order valence-corrected chi connectivity index (χ1v) is 18.8. The molecule has 1 fully saturated rings. The van der Waals surface area contributed by atoms with E-state index in [1.807, 2.05) is 72.8 Å². The standard InChI is InChI=1S/C42H51BrO6/c43-27-17-3-1-2-4-18-28-45-39-38(33-44-29-34-19-9-5-10-20-34)49-42(48-32-37-25-15-8-16-26-37)41(47-31-36-23-13-7-14-24-36)40(39)46-30-35-21-11-6-12-22-35/h5-16,19-26,38-42H,1-4,17-18,27-33H2/t38-,39-,40+,41-,42?/m1/s1. The van der Waals surface area contributed by atoms with E-state index in [0.717, 1.165) is 40.4 Å². The maximum Gasteiger partial charge on any atom is 0.187 e. The number of unbranched alkanes of at least 4 members (excludes halogenated alkanes) is 5. The van der Waals surface area contributed by atoms with E-state index in [9.17, 15) is 0 Å². The van der Waals surface area contributed by atoms with Crippen molar-refractivity contribution in [2.24, 2.45) is 0 Å². The van der Waals surface area contributed by atoms with Crippen molar-refractivity contribution in [3.05, 3.63) is 144 Å². The lowest BCUT2D eigenvalue weighted by molar-refractivity contribution is -0.329. The lowest BCUT2D eigenvalue weighted by Crippen LogP contribution is -2.61. The van der Waals surface area contributed by atoms with E-state index < -0.39 is 30.7 Å². The van der Waals surface area contributed by atoms with Crippen LogP contribution in [0.4, 0.5) is 0 Å². The molecule has 0 radical (unpaired) electrons. The Bertz CT molecular complexity index is 1390. The highest BCUT2D eigenvalue weighted by Gasteiger charge is 2.49. The zero-order chi connectivity index (χ0) is 33.8. The molecule has 262 valence electrons. The molecule has 5 rings (SSSR count). The van der Waals surface area contributed by atoms with E-state index in [1.54, 1.807) is 0 Å². The molecule has 0 bridgehead atoms. The fourth-order valence-electron chi connectivity index (χ4n) is 5.99. The van der Waals surface area contributed by atoms with E-state index in [0.29, 0.717) is 39.6 Å². The molecule has 4 aromatic carbocycles. The summed E-state index contributed by atoms with van der Waals surface area (Å²) in [5.41, 5.74) is 4.31. The zero-order valence-corrected chi connectivity index (χ0v) is 30.0. The van der Waals surface area contributed by atoms with Crippen LogP contribution in [0.25, 0.3) is 0 Å². The second kappa shape index (κ2) is 22.0. The minimum Gasteiger partial charge on any atom is -0.374 e.